The van der Waals surface area contributed by atoms with Gasteiger partial charge in [0.2, 0.25) is 0 Å². The maximum Gasteiger partial charge on any atom is 0.273 e. The summed E-state index contributed by atoms with van der Waals surface area (Å²) in [4.78, 5) is 23.3. The van der Waals surface area contributed by atoms with Crippen molar-refractivity contribution in [3.8, 4) is 0 Å². The molecule has 0 bridgehead atoms. The summed E-state index contributed by atoms with van der Waals surface area (Å²) in [7, 11) is 2.12. The predicted molar refractivity (Wildman–Crippen MR) is 105 cm³/mol. The molecule has 0 aliphatic carbocycles. The first kappa shape index (κ1) is 19.4. The Morgan fingerprint density at radius 3 is 2.77 bits per heavy atom. The zero-order valence-corrected chi connectivity index (χ0v) is 17.1. The fourth-order valence-electron chi connectivity index (χ4n) is 2.92. The van der Waals surface area contributed by atoms with Crippen molar-refractivity contribution >= 4 is 33.2 Å². The highest BCUT2D eigenvalue weighted by atomic mass is 79.9. The summed E-state index contributed by atoms with van der Waals surface area (Å²) < 4.78 is 14.9. The summed E-state index contributed by atoms with van der Waals surface area (Å²) in [5.41, 5.74) is 2.58. The summed E-state index contributed by atoms with van der Waals surface area (Å²) in [5, 5.41) is 1.74. The van der Waals surface area contributed by atoms with Gasteiger partial charge < -0.3 is 9.80 Å². The minimum atomic E-state index is -0.310. The lowest BCUT2D eigenvalue weighted by atomic mass is 10.2. The molecule has 140 valence electrons. The maximum absolute atomic E-state index is 14.3. The van der Waals surface area contributed by atoms with Crippen molar-refractivity contribution in [1.29, 1.82) is 0 Å². The van der Waals surface area contributed by atoms with E-state index in [1.807, 2.05) is 0 Å². The van der Waals surface area contributed by atoms with Crippen LogP contribution in [0.5, 0.6) is 0 Å². The number of carbonyl (C=O) groups is 1. The molecule has 2 aromatic rings. The molecule has 0 spiro atoms. The highest BCUT2D eigenvalue weighted by Crippen LogP contribution is 2.18. The Bertz CT molecular complexity index is 735. The van der Waals surface area contributed by atoms with Crippen molar-refractivity contribution in [2.24, 2.45) is 0 Å². The monoisotopic (exact) mass is 440 g/mol. The fourth-order valence-corrected chi connectivity index (χ4v) is 3.78. The van der Waals surface area contributed by atoms with Crippen LogP contribution in [-0.4, -0.2) is 71.9 Å². The van der Waals surface area contributed by atoms with Crippen LogP contribution in [0.1, 0.15) is 16.1 Å². The molecule has 2 heterocycles. The van der Waals surface area contributed by atoms with Gasteiger partial charge in [0, 0.05) is 61.2 Å². The van der Waals surface area contributed by atoms with Gasteiger partial charge in [0.25, 0.3) is 5.91 Å². The van der Waals surface area contributed by atoms with E-state index in [0.717, 1.165) is 32.7 Å². The number of hydrogen-bond donors (Lipinski definition) is 0. The number of benzene rings is 1. The number of thiazole rings is 1. The Morgan fingerprint density at radius 2 is 2.12 bits per heavy atom. The predicted octanol–water partition coefficient (Wildman–Crippen LogP) is 2.93. The summed E-state index contributed by atoms with van der Waals surface area (Å²) in [5.74, 6) is -0.460. The lowest BCUT2D eigenvalue weighted by Crippen LogP contribution is -2.47. The maximum atomic E-state index is 14.3. The lowest BCUT2D eigenvalue weighted by Gasteiger charge is -2.34. The molecule has 1 aromatic heterocycles. The van der Waals surface area contributed by atoms with Gasteiger partial charge in [0.15, 0.2) is 0 Å². The van der Waals surface area contributed by atoms with Crippen LogP contribution in [0.3, 0.4) is 0 Å². The molecule has 0 N–H and O–H groups in total. The highest BCUT2D eigenvalue weighted by Gasteiger charge is 2.21. The van der Waals surface area contributed by atoms with Gasteiger partial charge in [-0.25, -0.2) is 9.37 Å². The molecular weight excluding hydrogens is 419 g/mol. The van der Waals surface area contributed by atoms with E-state index in [2.05, 4.69) is 37.8 Å². The molecule has 3 rings (SSSR count). The van der Waals surface area contributed by atoms with E-state index in [1.54, 1.807) is 27.9 Å². The van der Waals surface area contributed by atoms with Gasteiger partial charge in [-0.15, -0.1) is 11.3 Å². The Balaban J connectivity index is 1.70. The molecule has 1 saturated heterocycles. The van der Waals surface area contributed by atoms with E-state index in [1.165, 1.54) is 17.4 Å². The zero-order valence-electron chi connectivity index (χ0n) is 14.7. The number of carbonyl (C=O) groups excluding carboxylic acids is 1. The molecule has 8 heteroatoms. The summed E-state index contributed by atoms with van der Waals surface area (Å²) >= 11 is 4.66. The molecule has 1 amide bonds. The van der Waals surface area contributed by atoms with Crippen molar-refractivity contribution < 1.29 is 9.18 Å². The Hall–Kier alpha value is -1.35. The Kier molecular flexibility index (Phi) is 6.74. The molecule has 0 atom stereocenters. The van der Waals surface area contributed by atoms with Crippen LogP contribution in [0.2, 0.25) is 0 Å². The number of rotatable bonds is 6. The normalized spacial score (nSPS) is 16.0. The number of likely N-dealkylation sites (N-methyl/N-ethyl adjacent to an activating group) is 1. The van der Waals surface area contributed by atoms with Crippen LogP contribution < -0.4 is 0 Å². The number of aromatic nitrogens is 1. The van der Waals surface area contributed by atoms with Crippen LogP contribution in [0.4, 0.5) is 4.39 Å². The summed E-state index contributed by atoms with van der Waals surface area (Å²) in [6, 6.07) is 4.95. The van der Waals surface area contributed by atoms with Crippen molar-refractivity contribution in [1.82, 2.24) is 19.7 Å². The number of amides is 1. The molecule has 1 aliphatic heterocycles. The first-order valence-electron chi connectivity index (χ1n) is 8.55. The zero-order chi connectivity index (χ0) is 18.5. The lowest BCUT2D eigenvalue weighted by molar-refractivity contribution is 0.0694. The molecule has 26 heavy (non-hydrogen) atoms. The minimum Gasteiger partial charge on any atom is -0.332 e. The third-order valence-corrected chi connectivity index (χ3v) is 5.68. The van der Waals surface area contributed by atoms with Crippen molar-refractivity contribution in [3.63, 3.8) is 0 Å². The molecule has 1 aliphatic rings. The second kappa shape index (κ2) is 9.03. The fraction of sp³-hybridized carbons (Fsp3) is 0.444. The van der Waals surface area contributed by atoms with E-state index in [0.29, 0.717) is 22.3 Å². The molecule has 0 saturated carbocycles. The largest absolute Gasteiger partial charge is 0.332 e. The Morgan fingerprint density at radius 1 is 1.35 bits per heavy atom. The summed E-state index contributed by atoms with van der Waals surface area (Å²) in [6.07, 6.45) is 0. The number of nitrogens with zero attached hydrogens (tertiary/aromatic N) is 4. The Labute approximate surface area is 165 Å². The van der Waals surface area contributed by atoms with E-state index in [4.69, 9.17) is 0 Å². The van der Waals surface area contributed by atoms with Gasteiger partial charge in [-0.3, -0.25) is 9.69 Å². The van der Waals surface area contributed by atoms with Crippen LogP contribution in [0, 0.1) is 5.82 Å². The van der Waals surface area contributed by atoms with Gasteiger partial charge in [0.05, 0.1) is 5.51 Å². The summed E-state index contributed by atoms with van der Waals surface area (Å²) in [6.45, 7) is 5.60. The first-order valence-corrected chi connectivity index (χ1v) is 10.3. The quantitative estimate of drug-likeness (QED) is 0.692. The standard InChI is InChI=1S/C18H22BrFN4OS/c1-22-4-6-23(7-5-22)8-9-24(18(25)17-12-26-13-21-17)11-14-2-3-15(19)10-16(14)20/h2-3,10,12-13H,4-9,11H2,1H3. The van der Waals surface area contributed by atoms with Crippen LogP contribution in [-0.2, 0) is 6.54 Å². The van der Waals surface area contributed by atoms with E-state index in [-0.39, 0.29) is 18.3 Å². The molecule has 0 unspecified atom stereocenters. The van der Waals surface area contributed by atoms with Crippen LogP contribution >= 0.6 is 27.3 Å². The minimum absolute atomic E-state index is 0.150. The average molecular weight is 441 g/mol. The highest BCUT2D eigenvalue weighted by molar-refractivity contribution is 9.10. The number of halogens is 2. The second-order valence-electron chi connectivity index (χ2n) is 6.48. The van der Waals surface area contributed by atoms with Crippen molar-refractivity contribution in [2.75, 3.05) is 46.3 Å². The van der Waals surface area contributed by atoms with Gasteiger partial charge in [-0.2, -0.15) is 0 Å². The van der Waals surface area contributed by atoms with E-state index >= 15 is 0 Å². The number of piperazine rings is 1. The molecule has 1 fully saturated rings. The van der Waals surface area contributed by atoms with Crippen LogP contribution in [0.15, 0.2) is 33.6 Å². The van der Waals surface area contributed by atoms with E-state index in [9.17, 15) is 9.18 Å². The second-order valence-corrected chi connectivity index (χ2v) is 8.12. The molecule has 5 nitrogen and oxygen atoms in total. The SMILES string of the molecule is CN1CCN(CCN(Cc2ccc(Br)cc2F)C(=O)c2cscn2)CC1. The first-order chi connectivity index (χ1) is 12.5. The van der Waals surface area contributed by atoms with Gasteiger partial charge in [0.1, 0.15) is 11.5 Å². The third-order valence-electron chi connectivity index (χ3n) is 4.60. The van der Waals surface area contributed by atoms with Gasteiger partial charge in [-0.1, -0.05) is 22.0 Å². The van der Waals surface area contributed by atoms with Gasteiger partial charge >= 0.3 is 0 Å². The van der Waals surface area contributed by atoms with E-state index < -0.39 is 0 Å². The van der Waals surface area contributed by atoms with Crippen LogP contribution in [0.25, 0.3) is 0 Å². The third kappa shape index (κ3) is 5.09. The van der Waals surface area contributed by atoms with Crippen molar-refractivity contribution in [2.45, 2.75) is 6.54 Å². The molecular formula is C18H22BrFN4OS. The average Bonchev–Trinajstić information content (AvgIpc) is 3.16. The van der Waals surface area contributed by atoms with Gasteiger partial charge in [-0.05, 0) is 19.2 Å². The number of hydrogen-bond acceptors (Lipinski definition) is 5. The molecule has 0 radical (unpaired) electrons. The molecule has 1 aromatic carbocycles. The smallest absolute Gasteiger partial charge is 0.273 e. The van der Waals surface area contributed by atoms with Crippen molar-refractivity contribution in [3.05, 3.63) is 50.6 Å². The topological polar surface area (TPSA) is 39.7 Å².